The second kappa shape index (κ2) is 6.25. The van der Waals surface area contributed by atoms with Crippen molar-refractivity contribution < 1.29 is 24.5 Å². The van der Waals surface area contributed by atoms with Gasteiger partial charge in [0.2, 0.25) is 6.79 Å². The number of aromatic nitrogens is 1. The van der Waals surface area contributed by atoms with Crippen LogP contribution in [0.4, 0.5) is 5.82 Å². The van der Waals surface area contributed by atoms with Crippen molar-refractivity contribution in [2.24, 2.45) is 5.92 Å². The summed E-state index contributed by atoms with van der Waals surface area (Å²) in [5.74, 6) is 0.995. The average molecular weight is 342 g/mol. The number of benzene rings is 1. The molecule has 1 aromatic carbocycles. The molecule has 0 radical (unpaired) electrons. The molecule has 0 bridgehead atoms. The summed E-state index contributed by atoms with van der Waals surface area (Å²) in [5, 5.41) is 19.0. The highest BCUT2D eigenvalue weighted by molar-refractivity contribution is 5.70. The van der Waals surface area contributed by atoms with Gasteiger partial charge in [-0.3, -0.25) is 4.79 Å². The van der Waals surface area contributed by atoms with Crippen LogP contribution in [0.2, 0.25) is 0 Å². The molecule has 0 saturated carbocycles. The molecular formula is C18H18N2O5. The van der Waals surface area contributed by atoms with Crippen LogP contribution in [0, 0.1) is 5.92 Å². The van der Waals surface area contributed by atoms with Crippen LogP contribution in [0.5, 0.6) is 11.5 Å². The van der Waals surface area contributed by atoms with Gasteiger partial charge in [-0.05, 0) is 35.4 Å². The number of fused-ring (bicyclic) bond motifs is 1. The Balaban J connectivity index is 1.57. The van der Waals surface area contributed by atoms with E-state index in [2.05, 4.69) is 4.98 Å². The highest BCUT2D eigenvalue weighted by Crippen LogP contribution is 2.36. The molecule has 7 heteroatoms. The van der Waals surface area contributed by atoms with Crippen molar-refractivity contribution in [1.82, 2.24) is 4.98 Å². The summed E-state index contributed by atoms with van der Waals surface area (Å²) in [4.78, 5) is 17.2. The van der Waals surface area contributed by atoms with Crippen LogP contribution in [0.15, 0.2) is 36.5 Å². The summed E-state index contributed by atoms with van der Waals surface area (Å²) >= 11 is 0. The Bertz CT molecular complexity index is 810. The van der Waals surface area contributed by atoms with Gasteiger partial charge in [0.05, 0.1) is 12.5 Å². The lowest BCUT2D eigenvalue weighted by molar-refractivity contribution is -0.138. The lowest BCUT2D eigenvalue weighted by atomic mass is 10.0. The van der Waals surface area contributed by atoms with Crippen molar-refractivity contribution >= 4 is 11.8 Å². The van der Waals surface area contributed by atoms with Gasteiger partial charge >= 0.3 is 5.97 Å². The number of hydrogen-bond acceptors (Lipinski definition) is 6. The van der Waals surface area contributed by atoms with Crippen molar-refractivity contribution in [3.8, 4) is 22.6 Å². The fourth-order valence-corrected chi connectivity index (χ4v) is 3.31. The normalized spacial score (nSPS) is 21.6. The van der Waals surface area contributed by atoms with Gasteiger partial charge in [-0.2, -0.15) is 0 Å². The molecule has 0 amide bonds. The Morgan fingerprint density at radius 2 is 1.96 bits per heavy atom. The molecule has 2 N–H and O–H groups in total. The van der Waals surface area contributed by atoms with Gasteiger partial charge in [0.1, 0.15) is 5.82 Å². The molecule has 3 heterocycles. The zero-order valence-corrected chi connectivity index (χ0v) is 13.5. The van der Waals surface area contributed by atoms with Gasteiger partial charge in [0.15, 0.2) is 11.5 Å². The molecular weight excluding hydrogens is 324 g/mol. The molecule has 2 aromatic rings. The number of carboxylic acids is 1. The lowest BCUT2D eigenvalue weighted by Crippen LogP contribution is -2.22. The lowest BCUT2D eigenvalue weighted by Gasteiger charge is -2.17. The molecule has 7 nitrogen and oxygen atoms in total. The van der Waals surface area contributed by atoms with Gasteiger partial charge < -0.3 is 24.6 Å². The summed E-state index contributed by atoms with van der Waals surface area (Å²) in [5.41, 5.74) is 1.95. The minimum Gasteiger partial charge on any atom is -0.481 e. The first-order valence-corrected chi connectivity index (χ1v) is 8.11. The number of aliphatic hydroxyl groups excluding tert-OH is 1. The molecule has 0 aliphatic carbocycles. The first-order chi connectivity index (χ1) is 12.1. The first-order valence-electron chi connectivity index (χ1n) is 8.11. The molecule has 1 aromatic heterocycles. The number of pyridine rings is 1. The minimum atomic E-state index is -0.895. The number of anilines is 1. The van der Waals surface area contributed by atoms with Crippen molar-refractivity contribution in [2.45, 2.75) is 12.5 Å². The van der Waals surface area contributed by atoms with Crippen LogP contribution < -0.4 is 14.4 Å². The van der Waals surface area contributed by atoms with Crippen molar-refractivity contribution in [3.63, 3.8) is 0 Å². The molecule has 25 heavy (non-hydrogen) atoms. The maximum Gasteiger partial charge on any atom is 0.303 e. The zero-order valence-electron chi connectivity index (χ0n) is 13.5. The van der Waals surface area contributed by atoms with Crippen molar-refractivity contribution in [1.29, 1.82) is 0 Å². The van der Waals surface area contributed by atoms with E-state index in [0.29, 0.717) is 18.8 Å². The average Bonchev–Trinajstić information content (AvgIpc) is 3.21. The number of aliphatic carboxylic acids is 1. The van der Waals surface area contributed by atoms with E-state index in [9.17, 15) is 9.90 Å². The minimum absolute atomic E-state index is 0.0421. The van der Waals surface area contributed by atoms with Gasteiger partial charge in [0.25, 0.3) is 0 Å². The molecule has 2 atom stereocenters. The van der Waals surface area contributed by atoms with E-state index in [0.717, 1.165) is 22.7 Å². The fourth-order valence-electron chi connectivity index (χ4n) is 3.31. The third-order valence-electron chi connectivity index (χ3n) is 4.62. The second-order valence-electron chi connectivity index (χ2n) is 6.30. The Kier molecular flexibility index (Phi) is 3.93. The van der Waals surface area contributed by atoms with E-state index in [1.165, 1.54) is 0 Å². The Hall–Kier alpha value is -2.80. The fraction of sp³-hybridized carbons (Fsp3) is 0.333. The van der Waals surface area contributed by atoms with Gasteiger partial charge in [0, 0.05) is 25.2 Å². The van der Waals surface area contributed by atoms with Crippen LogP contribution in [0.3, 0.4) is 0 Å². The number of hydrogen-bond donors (Lipinski definition) is 2. The number of carbonyl (C=O) groups is 1. The first kappa shape index (κ1) is 15.7. The van der Waals surface area contributed by atoms with Crippen molar-refractivity contribution in [3.05, 3.63) is 36.5 Å². The van der Waals surface area contributed by atoms with Crippen LogP contribution in [-0.4, -0.2) is 47.2 Å². The molecule has 1 saturated heterocycles. The third kappa shape index (κ3) is 3.10. The highest BCUT2D eigenvalue weighted by atomic mass is 16.7. The number of ether oxygens (including phenoxy) is 2. The molecule has 0 spiro atoms. The largest absolute Gasteiger partial charge is 0.481 e. The number of rotatable bonds is 4. The van der Waals surface area contributed by atoms with Crippen LogP contribution in [0.25, 0.3) is 11.1 Å². The molecule has 0 unspecified atom stereocenters. The van der Waals surface area contributed by atoms with Crippen LogP contribution >= 0.6 is 0 Å². The smallest absolute Gasteiger partial charge is 0.303 e. The van der Waals surface area contributed by atoms with Crippen LogP contribution in [-0.2, 0) is 4.79 Å². The SMILES string of the molecule is O=C(O)C[C@@H]1CN(c2cc(-c3ccc4c(c3)OCO4)ccn2)C[C@H]1O. The zero-order chi connectivity index (χ0) is 17.4. The van der Waals surface area contributed by atoms with Crippen molar-refractivity contribution in [2.75, 3.05) is 24.8 Å². The summed E-state index contributed by atoms with van der Waals surface area (Å²) in [6.07, 6.45) is 1.01. The van der Waals surface area contributed by atoms with Crippen LogP contribution in [0.1, 0.15) is 6.42 Å². The predicted molar refractivity (Wildman–Crippen MR) is 89.8 cm³/mol. The standard InChI is InChI=1S/C18H18N2O5/c21-14-9-20(8-13(14)7-18(22)23)17-6-12(3-4-19-17)11-1-2-15-16(5-11)25-10-24-15/h1-6,13-14,21H,7-10H2,(H,22,23)/t13-,14-/m1/s1. The Morgan fingerprint density at radius 1 is 1.16 bits per heavy atom. The topological polar surface area (TPSA) is 92.1 Å². The number of aliphatic hydroxyl groups is 1. The van der Waals surface area contributed by atoms with E-state index in [-0.39, 0.29) is 19.1 Å². The third-order valence-corrected chi connectivity index (χ3v) is 4.62. The molecule has 4 rings (SSSR count). The van der Waals surface area contributed by atoms with E-state index in [1.807, 2.05) is 35.2 Å². The quantitative estimate of drug-likeness (QED) is 0.874. The second-order valence-corrected chi connectivity index (χ2v) is 6.30. The molecule has 2 aliphatic rings. The van der Waals surface area contributed by atoms with E-state index < -0.39 is 12.1 Å². The summed E-state index contributed by atoms with van der Waals surface area (Å²) < 4.78 is 10.7. The predicted octanol–water partition coefficient (Wildman–Crippen LogP) is 1.75. The molecule has 130 valence electrons. The maximum atomic E-state index is 10.9. The van der Waals surface area contributed by atoms with E-state index in [1.54, 1.807) is 6.20 Å². The maximum absolute atomic E-state index is 10.9. The highest BCUT2D eigenvalue weighted by Gasteiger charge is 2.33. The number of nitrogens with zero attached hydrogens (tertiary/aromatic N) is 2. The summed E-state index contributed by atoms with van der Waals surface area (Å²) in [7, 11) is 0. The van der Waals surface area contributed by atoms with Gasteiger partial charge in [-0.25, -0.2) is 4.98 Å². The number of carboxylic acid groups (broad SMARTS) is 1. The Labute approximate surface area is 144 Å². The van der Waals surface area contributed by atoms with E-state index in [4.69, 9.17) is 14.6 Å². The molecule has 1 fully saturated rings. The van der Waals surface area contributed by atoms with E-state index >= 15 is 0 Å². The van der Waals surface area contributed by atoms with Gasteiger partial charge in [-0.15, -0.1) is 0 Å². The molecule has 2 aliphatic heterocycles. The number of β-amino-alcohol motifs (C(OH)–C–C–N with tert-alkyl or cyclic N) is 1. The summed E-state index contributed by atoms with van der Waals surface area (Å²) in [6.45, 7) is 1.09. The summed E-state index contributed by atoms with van der Waals surface area (Å²) in [6, 6.07) is 9.60. The monoisotopic (exact) mass is 342 g/mol. The Morgan fingerprint density at radius 3 is 2.80 bits per heavy atom. The van der Waals surface area contributed by atoms with Gasteiger partial charge in [-0.1, -0.05) is 6.07 Å².